The van der Waals surface area contributed by atoms with Gasteiger partial charge in [0.05, 0.1) is 6.20 Å². The van der Waals surface area contributed by atoms with E-state index in [1.165, 1.54) is 0 Å². The molecule has 0 unspecified atom stereocenters. The normalized spacial score (nSPS) is 10.4. The number of Topliss-reactive ketones (excluding diaryl/α,β-unsaturated/α-hetero) is 1. The Morgan fingerprint density at radius 1 is 1.50 bits per heavy atom. The lowest BCUT2D eigenvalue weighted by Gasteiger charge is -2.03. The molecule has 0 atom stereocenters. The summed E-state index contributed by atoms with van der Waals surface area (Å²) in [5.74, 6) is -0.903. The molecule has 0 saturated heterocycles. The van der Waals surface area contributed by atoms with Gasteiger partial charge in [0, 0.05) is 19.4 Å². The molecule has 0 radical (unpaired) electrons. The van der Waals surface area contributed by atoms with Gasteiger partial charge in [0.25, 0.3) is 5.56 Å². The Kier molecular flexibility index (Phi) is 4.16. The van der Waals surface area contributed by atoms with Gasteiger partial charge < -0.3 is 0 Å². The molecule has 0 amide bonds. The van der Waals surface area contributed by atoms with Crippen molar-refractivity contribution >= 4 is 5.78 Å². The van der Waals surface area contributed by atoms with E-state index in [2.05, 4.69) is 0 Å². The Morgan fingerprint density at radius 2 is 2.19 bits per heavy atom. The minimum absolute atomic E-state index is 0.0953. The SMILES string of the molecule is CCC(=O)CCCn1cc(F)c(=O)[nH]c1=O. The predicted molar refractivity (Wildman–Crippen MR) is 55.8 cm³/mol. The first-order chi connectivity index (χ1) is 7.54. The largest absolute Gasteiger partial charge is 0.328 e. The number of hydrogen-bond acceptors (Lipinski definition) is 3. The maximum Gasteiger partial charge on any atom is 0.328 e. The summed E-state index contributed by atoms with van der Waals surface area (Å²) in [6.45, 7) is 1.98. The summed E-state index contributed by atoms with van der Waals surface area (Å²) in [6.07, 6.45) is 2.12. The maximum atomic E-state index is 12.8. The van der Waals surface area contributed by atoms with E-state index < -0.39 is 17.1 Å². The lowest BCUT2D eigenvalue weighted by atomic mass is 10.2. The van der Waals surface area contributed by atoms with Crippen molar-refractivity contribution in [2.75, 3.05) is 0 Å². The van der Waals surface area contributed by atoms with Gasteiger partial charge in [-0.05, 0) is 6.42 Å². The summed E-state index contributed by atoms with van der Waals surface area (Å²) in [7, 11) is 0. The molecule has 1 N–H and O–H groups in total. The number of nitrogens with one attached hydrogen (secondary N) is 1. The lowest BCUT2D eigenvalue weighted by molar-refractivity contribution is -0.118. The number of aromatic amines is 1. The Morgan fingerprint density at radius 3 is 2.81 bits per heavy atom. The van der Waals surface area contributed by atoms with Crippen LogP contribution in [0, 0.1) is 5.82 Å². The van der Waals surface area contributed by atoms with Crippen molar-refractivity contribution in [3.05, 3.63) is 32.9 Å². The van der Waals surface area contributed by atoms with Crippen molar-refractivity contribution in [3.63, 3.8) is 0 Å². The number of rotatable bonds is 5. The van der Waals surface area contributed by atoms with Gasteiger partial charge in [0.15, 0.2) is 0 Å². The van der Waals surface area contributed by atoms with E-state index in [1.54, 1.807) is 6.92 Å². The fourth-order valence-electron chi connectivity index (χ4n) is 1.27. The molecule has 5 nitrogen and oxygen atoms in total. The van der Waals surface area contributed by atoms with Gasteiger partial charge in [0.1, 0.15) is 5.78 Å². The van der Waals surface area contributed by atoms with Crippen LogP contribution in [0.4, 0.5) is 4.39 Å². The molecule has 0 fully saturated rings. The van der Waals surface area contributed by atoms with Crippen molar-refractivity contribution in [3.8, 4) is 0 Å². The van der Waals surface area contributed by atoms with Gasteiger partial charge >= 0.3 is 5.69 Å². The van der Waals surface area contributed by atoms with Crippen molar-refractivity contribution in [1.82, 2.24) is 9.55 Å². The van der Waals surface area contributed by atoms with Crippen molar-refractivity contribution in [2.24, 2.45) is 0 Å². The molecule has 16 heavy (non-hydrogen) atoms. The second kappa shape index (κ2) is 5.39. The Hall–Kier alpha value is -1.72. The molecule has 0 aliphatic rings. The summed E-state index contributed by atoms with van der Waals surface area (Å²) in [4.78, 5) is 34.8. The van der Waals surface area contributed by atoms with E-state index in [1.807, 2.05) is 4.98 Å². The highest BCUT2D eigenvalue weighted by molar-refractivity contribution is 5.77. The van der Waals surface area contributed by atoms with Gasteiger partial charge in [-0.1, -0.05) is 6.92 Å². The van der Waals surface area contributed by atoms with E-state index in [4.69, 9.17) is 0 Å². The summed E-state index contributed by atoms with van der Waals surface area (Å²) in [6, 6.07) is 0. The first-order valence-electron chi connectivity index (χ1n) is 5.05. The van der Waals surface area contributed by atoms with Crippen LogP contribution in [-0.2, 0) is 11.3 Å². The number of ketones is 1. The summed E-state index contributed by atoms with van der Waals surface area (Å²) in [5, 5.41) is 0. The van der Waals surface area contributed by atoms with Gasteiger partial charge in [0.2, 0.25) is 5.82 Å². The van der Waals surface area contributed by atoms with Crippen molar-refractivity contribution in [2.45, 2.75) is 32.7 Å². The van der Waals surface area contributed by atoms with Crippen LogP contribution in [0.5, 0.6) is 0 Å². The van der Waals surface area contributed by atoms with Gasteiger partial charge in [-0.15, -0.1) is 0 Å². The Bertz CT molecular complexity index is 490. The van der Waals surface area contributed by atoms with E-state index in [0.29, 0.717) is 19.3 Å². The Labute approximate surface area is 90.9 Å². The van der Waals surface area contributed by atoms with Crippen LogP contribution in [0.2, 0.25) is 0 Å². The number of hydrogen-bond donors (Lipinski definition) is 1. The zero-order chi connectivity index (χ0) is 12.1. The highest BCUT2D eigenvalue weighted by atomic mass is 19.1. The minimum atomic E-state index is -1.02. The zero-order valence-corrected chi connectivity index (χ0v) is 8.96. The average molecular weight is 228 g/mol. The van der Waals surface area contributed by atoms with E-state index in [-0.39, 0.29) is 12.3 Å². The molecule has 0 aliphatic carbocycles. The molecule has 1 aromatic heterocycles. The summed E-state index contributed by atoms with van der Waals surface area (Å²) >= 11 is 0. The number of halogens is 1. The van der Waals surface area contributed by atoms with Crippen LogP contribution in [0.1, 0.15) is 26.2 Å². The molecule has 1 heterocycles. The molecule has 0 aliphatic heterocycles. The lowest BCUT2D eigenvalue weighted by Crippen LogP contribution is -2.31. The summed E-state index contributed by atoms with van der Waals surface area (Å²) < 4.78 is 13.9. The molecule has 88 valence electrons. The number of carbonyl (C=O) groups excluding carboxylic acids is 1. The van der Waals surface area contributed by atoms with Crippen LogP contribution >= 0.6 is 0 Å². The first kappa shape index (κ1) is 12.4. The predicted octanol–water partition coefficient (Wildman–Crippen LogP) is 0.435. The Balaban J connectivity index is 2.68. The van der Waals surface area contributed by atoms with Gasteiger partial charge in [-0.25, -0.2) is 4.79 Å². The fourth-order valence-corrected chi connectivity index (χ4v) is 1.27. The van der Waals surface area contributed by atoms with Crippen molar-refractivity contribution in [1.29, 1.82) is 0 Å². The third kappa shape index (κ3) is 3.15. The van der Waals surface area contributed by atoms with E-state index in [0.717, 1.165) is 10.8 Å². The molecular weight excluding hydrogens is 215 g/mol. The standard InChI is InChI=1S/C10H13FN2O3/c1-2-7(14)4-3-5-13-6-8(11)9(15)12-10(13)16/h6H,2-5H2,1H3,(H,12,15,16). The zero-order valence-electron chi connectivity index (χ0n) is 8.96. The third-order valence-corrected chi connectivity index (χ3v) is 2.22. The topological polar surface area (TPSA) is 71.9 Å². The van der Waals surface area contributed by atoms with Crippen LogP contribution in [0.15, 0.2) is 15.8 Å². The number of carbonyl (C=O) groups is 1. The second-order valence-corrected chi connectivity index (χ2v) is 3.43. The van der Waals surface area contributed by atoms with Crippen LogP contribution in [0.3, 0.4) is 0 Å². The molecule has 0 spiro atoms. The quantitative estimate of drug-likeness (QED) is 0.794. The van der Waals surface area contributed by atoms with Crippen LogP contribution in [-0.4, -0.2) is 15.3 Å². The van der Waals surface area contributed by atoms with Crippen LogP contribution in [0.25, 0.3) is 0 Å². The minimum Gasteiger partial charge on any atom is -0.300 e. The van der Waals surface area contributed by atoms with Crippen molar-refractivity contribution < 1.29 is 9.18 Å². The maximum absolute atomic E-state index is 12.8. The molecule has 1 rings (SSSR count). The first-order valence-corrected chi connectivity index (χ1v) is 5.05. The van der Waals surface area contributed by atoms with Gasteiger partial charge in [-0.2, -0.15) is 4.39 Å². The highest BCUT2D eigenvalue weighted by Gasteiger charge is 2.04. The molecule has 1 aromatic rings. The molecule has 0 aromatic carbocycles. The number of aryl methyl sites for hydroxylation is 1. The number of nitrogens with zero attached hydrogens (tertiary/aromatic N) is 1. The fraction of sp³-hybridized carbons (Fsp3) is 0.500. The second-order valence-electron chi connectivity index (χ2n) is 3.43. The summed E-state index contributed by atoms with van der Waals surface area (Å²) in [5.41, 5.74) is -1.68. The van der Waals surface area contributed by atoms with E-state index in [9.17, 15) is 18.8 Å². The smallest absolute Gasteiger partial charge is 0.300 e. The molecule has 0 saturated carbocycles. The van der Waals surface area contributed by atoms with Crippen LogP contribution < -0.4 is 11.2 Å². The third-order valence-electron chi connectivity index (χ3n) is 2.22. The molecule has 6 heteroatoms. The monoisotopic (exact) mass is 228 g/mol. The number of aromatic nitrogens is 2. The average Bonchev–Trinajstić information content (AvgIpc) is 2.25. The molecular formula is C10H13FN2O3. The highest BCUT2D eigenvalue weighted by Crippen LogP contribution is 1.96. The molecule has 0 bridgehead atoms. The van der Waals surface area contributed by atoms with E-state index >= 15 is 0 Å². The number of H-pyrrole nitrogens is 1. The van der Waals surface area contributed by atoms with Gasteiger partial charge in [-0.3, -0.25) is 19.1 Å².